The lowest BCUT2D eigenvalue weighted by Crippen LogP contribution is -2.48. The zero-order valence-electron chi connectivity index (χ0n) is 18.0. The number of hydrogen-bond donors (Lipinski definition) is 2. The molecular formula is C23H33N5O2. The normalized spacial score (nSPS) is 15.7. The average molecular weight is 412 g/mol. The van der Waals surface area contributed by atoms with Gasteiger partial charge in [-0.15, -0.1) is 0 Å². The molecule has 1 aliphatic rings. The summed E-state index contributed by atoms with van der Waals surface area (Å²) in [7, 11) is 3.46. The van der Waals surface area contributed by atoms with E-state index in [0.29, 0.717) is 31.7 Å². The number of aliphatic imine (C=N–C) groups is 1. The number of aromatic nitrogens is 1. The lowest BCUT2D eigenvalue weighted by molar-refractivity contribution is 0.143. The van der Waals surface area contributed by atoms with Crippen LogP contribution in [0.5, 0.6) is 5.88 Å². The third-order valence-corrected chi connectivity index (χ3v) is 5.22. The summed E-state index contributed by atoms with van der Waals surface area (Å²) in [6.45, 7) is 4.81. The summed E-state index contributed by atoms with van der Waals surface area (Å²) in [5.41, 5.74) is 2.37. The summed E-state index contributed by atoms with van der Waals surface area (Å²) in [6.07, 6.45) is 3.94. The van der Waals surface area contributed by atoms with Crippen LogP contribution in [0.25, 0.3) is 0 Å². The van der Waals surface area contributed by atoms with Crippen LogP contribution in [-0.4, -0.2) is 62.3 Å². The second-order valence-electron chi connectivity index (χ2n) is 7.42. The van der Waals surface area contributed by atoms with Crippen LogP contribution in [0.1, 0.15) is 24.0 Å². The number of methoxy groups -OCH3 is 1. The van der Waals surface area contributed by atoms with Gasteiger partial charge in [-0.25, -0.2) is 4.98 Å². The molecule has 3 rings (SSSR count). The molecule has 0 atom stereocenters. The topological polar surface area (TPSA) is 71.0 Å². The maximum atomic E-state index is 5.71. The number of hydrogen-bond acceptors (Lipinski definition) is 5. The molecule has 30 heavy (non-hydrogen) atoms. The molecule has 1 fully saturated rings. The smallest absolute Gasteiger partial charge is 0.218 e. The van der Waals surface area contributed by atoms with Crippen molar-refractivity contribution in [3.8, 4) is 5.88 Å². The van der Waals surface area contributed by atoms with Gasteiger partial charge in [0.1, 0.15) is 6.61 Å². The summed E-state index contributed by atoms with van der Waals surface area (Å²) in [6, 6.07) is 15.0. The van der Waals surface area contributed by atoms with E-state index in [1.807, 2.05) is 12.1 Å². The Kier molecular flexibility index (Phi) is 8.93. The highest BCUT2D eigenvalue weighted by Crippen LogP contribution is 2.15. The van der Waals surface area contributed by atoms with E-state index in [4.69, 9.17) is 9.47 Å². The van der Waals surface area contributed by atoms with Crippen LogP contribution in [-0.2, 0) is 17.8 Å². The zero-order valence-corrected chi connectivity index (χ0v) is 18.0. The molecule has 0 saturated carbocycles. The molecule has 1 saturated heterocycles. The fraction of sp³-hybridized carbons (Fsp3) is 0.478. The van der Waals surface area contributed by atoms with Crippen molar-refractivity contribution in [3.63, 3.8) is 0 Å². The van der Waals surface area contributed by atoms with E-state index in [0.717, 1.165) is 44.0 Å². The Bertz CT molecular complexity index is 776. The lowest BCUT2D eigenvalue weighted by Gasteiger charge is -2.33. The van der Waals surface area contributed by atoms with Gasteiger partial charge in [0.2, 0.25) is 5.88 Å². The van der Waals surface area contributed by atoms with E-state index in [1.54, 1.807) is 20.4 Å². The van der Waals surface area contributed by atoms with E-state index >= 15 is 0 Å². The maximum Gasteiger partial charge on any atom is 0.218 e. The molecule has 2 aromatic rings. The van der Waals surface area contributed by atoms with Crippen LogP contribution < -0.4 is 15.4 Å². The van der Waals surface area contributed by atoms with Gasteiger partial charge in [-0.05, 0) is 24.5 Å². The van der Waals surface area contributed by atoms with Gasteiger partial charge < -0.3 is 20.1 Å². The molecule has 1 aromatic heterocycles. The molecule has 0 bridgehead atoms. The zero-order chi connectivity index (χ0) is 21.0. The molecule has 162 valence electrons. The van der Waals surface area contributed by atoms with Crippen molar-refractivity contribution >= 4 is 5.96 Å². The highest BCUT2D eigenvalue weighted by atomic mass is 16.5. The van der Waals surface area contributed by atoms with Crippen LogP contribution in [0.3, 0.4) is 0 Å². The maximum absolute atomic E-state index is 5.71. The van der Waals surface area contributed by atoms with Crippen LogP contribution in [0, 0.1) is 0 Å². The number of guanidine groups is 1. The number of likely N-dealkylation sites (tertiary alicyclic amines) is 1. The number of ether oxygens (including phenoxy) is 2. The van der Waals surface area contributed by atoms with Crippen molar-refractivity contribution in [1.29, 1.82) is 0 Å². The summed E-state index contributed by atoms with van der Waals surface area (Å²) in [4.78, 5) is 11.2. The first kappa shape index (κ1) is 22.1. The Balaban J connectivity index is 1.43. The van der Waals surface area contributed by atoms with Crippen LogP contribution in [0.15, 0.2) is 53.7 Å². The Morgan fingerprint density at radius 3 is 2.67 bits per heavy atom. The fourth-order valence-electron chi connectivity index (χ4n) is 3.55. The van der Waals surface area contributed by atoms with E-state index in [1.165, 1.54) is 5.56 Å². The molecule has 0 amide bonds. The molecule has 0 spiro atoms. The van der Waals surface area contributed by atoms with Crippen molar-refractivity contribution in [2.75, 3.05) is 40.5 Å². The standard InChI is InChI=1S/C23H33N5O2/c1-24-23(26-17-20-9-6-12-25-22(20)30-16-15-29-2)27-21-10-13-28(14-11-21)18-19-7-4-3-5-8-19/h3-9,12,21H,10-11,13-18H2,1-2H3,(H2,24,26,27). The highest BCUT2D eigenvalue weighted by Gasteiger charge is 2.20. The Hall–Kier alpha value is -2.64. The van der Waals surface area contributed by atoms with Crippen molar-refractivity contribution < 1.29 is 9.47 Å². The molecule has 0 unspecified atom stereocenters. The van der Waals surface area contributed by atoms with Gasteiger partial charge in [-0.2, -0.15) is 0 Å². The quantitative estimate of drug-likeness (QED) is 0.375. The molecule has 1 aromatic carbocycles. The van der Waals surface area contributed by atoms with Gasteiger partial charge >= 0.3 is 0 Å². The molecule has 7 heteroatoms. The highest BCUT2D eigenvalue weighted by molar-refractivity contribution is 5.80. The minimum atomic E-state index is 0.426. The Labute approximate surface area is 179 Å². The molecule has 0 aliphatic carbocycles. The number of pyridine rings is 1. The van der Waals surface area contributed by atoms with Crippen molar-refractivity contribution in [2.45, 2.75) is 32.0 Å². The average Bonchev–Trinajstić information content (AvgIpc) is 2.79. The van der Waals surface area contributed by atoms with E-state index in [-0.39, 0.29) is 0 Å². The third kappa shape index (κ3) is 7.00. The number of benzene rings is 1. The summed E-state index contributed by atoms with van der Waals surface area (Å²) in [5, 5.41) is 6.95. The molecule has 2 heterocycles. The van der Waals surface area contributed by atoms with E-state index in [2.05, 4.69) is 55.8 Å². The van der Waals surface area contributed by atoms with Gasteiger partial charge in [0.05, 0.1) is 6.61 Å². The SMILES string of the molecule is CN=C(NCc1cccnc1OCCOC)NC1CCN(Cc2ccccc2)CC1. The van der Waals surface area contributed by atoms with Gasteiger partial charge in [0.15, 0.2) is 5.96 Å². The molecule has 1 aliphatic heterocycles. The molecule has 2 N–H and O–H groups in total. The van der Waals surface area contributed by atoms with Crippen LogP contribution >= 0.6 is 0 Å². The van der Waals surface area contributed by atoms with Crippen molar-refractivity contribution in [3.05, 3.63) is 59.8 Å². The van der Waals surface area contributed by atoms with Gasteiger partial charge in [-0.3, -0.25) is 9.89 Å². The summed E-state index contributed by atoms with van der Waals surface area (Å²) >= 11 is 0. The number of nitrogens with one attached hydrogen (secondary N) is 2. The van der Waals surface area contributed by atoms with E-state index in [9.17, 15) is 0 Å². The Morgan fingerprint density at radius 2 is 1.93 bits per heavy atom. The lowest BCUT2D eigenvalue weighted by atomic mass is 10.0. The Morgan fingerprint density at radius 1 is 1.13 bits per heavy atom. The predicted molar refractivity (Wildman–Crippen MR) is 120 cm³/mol. The minimum absolute atomic E-state index is 0.426. The molecule has 7 nitrogen and oxygen atoms in total. The van der Waals surface area contributed by atoms with E-state index < -0.39 is 0 Å². The predicted octanol–water partition coefficient (Wildman–Crippen LogP) is 2.44. The van der Waals surface area contributed by atoms with Crippen molar-refractivity contribution in [1.82, 2.24) is 20.5 Å². The number of piperidine rings is 1. The minimum Gasteiger partial charge on any atom is -0.475 e. The van der Waals surface area contributed by atoms with Gasteiger partial charge in [-0.1, -0.05) is 36.4 Å². The van der Waals surface area contributed by atoms with Crippen molar-refractivity contribution in [2.24, 2.45) is 4.99 Å². The first-order valence-electron chi connectivity index (χ1n) is 10.6. The van der Waals surface area contributed by atoms with Crippen LogP contribution in [0.2, 0.25) is 0 Å². The second kappa shape index (κ2) is 12.1. The summed E-state index contributed by atoms with van der Waals surface area (Å²) in [5.74, 6) is 1.44. The second-order valence-corrected chi connectivity index (χ2v) is 7.42. The van der Waals surface area contributed by atoms with Gasteiger partial charge in [0.25, 0.3) is 0 Å². The largest absolute Gasteiger partial charge is 0.475 e. The third-order valence-electron chi connectivity index (χ3n) is 5.22. The monoisotopic (exact) mass is 411 g/mol. The molecule has 0 radical (unpaired) electrons. The van der Waals surface area contributed by atoms with Gasteiger partial charge in [0, 0.05) is 58.1 Å². The van der Waals surface area contributed by atoms with Crippen LogP contribution in [0.4, 0.5) is 0 Å². The number of rotatable bonds is 9. The summed E-state index contributed by atoms with van der Waals surface area (Å²) < 4.78 is 10.8. The fourth-order valence-corrected chi connectivity index (χ4v) is 3.55. The number of nitrogens with zero attached hydrogens (tertiary/aromatic N) is 3. The first-order valence-corrected chi connectivity index (χ1v) is 10.6. The molecular weight excluding hydrogens is 378 g/mol. The first-order chi connectivity index (χ1) is 14.8.